The number of urea groups is 1. The zero-order chi connectivity index (χ0) is 34.2. The fraction of sp³-hybridized carbons (Fsp3) is 0.324. The summed E-state index contributed by atoms with van der Waals surface area (Å²) < 4.78 is 10.8. The molecule has 0 aliphatic rings. The highest BCUT2D eigenvalue weighted by Crippen LogP contribution is 2.18. The van der Waals surface area contributed by atoms with E-state index in [1.54, 1.807) is 24.3 Å². The molecule has 0 fully saturated rings. The lowest BCUT2D eigenvalue weighted by Crippen LogP contribution is -2.53. The number of nitrogens with zero attached hydrogens (tertiary/aromatic N) is 1. The molecule has 0 bridgehead atoms. The number of hydrogen-bond acceptors (Lipinski definition) is 7. The van der Waals surface area contributed by atoms with Crippen LogP contribution in [0.2, 0.25) is 0 Å². The van der Waals surface area contributed by atoms with E-state index in [4.69, 9.17) is 19.7 Å². The number of amides is 3. The summed E-state index contributed by atoms with van der Waals surface area (Å²) in [6.07, 6.45) is 0.481. The highest BCUT2D eigenvalue weighted by atomic mass is 16.5. The number of ether oxygens (including phenoxy) is 2. The summed E-state index contributed by atoms with van der Waals surface area (Å²) in [4.78, 5) is 61.7. The number of hydrogen-bond donors (Lipinski definition) is 5. The maximum atomic E-state index is 13.4. The van der Waals surface area contributed by atoms with Crippen LogP contribution in [0.5, 0.6) is 11.5 Å². The van der Waals surface area contributed by atoms with E-state index in [1.807, 2.05) is 37.3 Å². The van der Waals surface area contributed by atoms with Crippen molar-refractivity contribution in [3.8, 4) is 11.5 Å². The summed E-state index contributed by atoms with van der Waals surface area (Å²) in [6, 6.07) is 20.4. The number of aliphatic carboxylic acids is 3. The summed E-state index contributed by atoms with van der Waals surface area (Å²) >= 11 is 0. The van der Waals surface area contributed by atoms with Gasteiger partial charge in [-0.2, -0.15) is 0 Å². The predicted octanol–water partition coefficient (Wildman–Crippen LogP) is 3.70. The minimum absolute atomic E-state index is 0.00127. The van der Waals surface area contributed by atoms with Gasteiger partial charge in [-0.25, -0.2) is 14.4 Å². The number of nitrogens with one attached hydrogen (secondary N) is 2. The standard InChI is InChI=1S/C34H39N3O10/c1-2-3-7-18-35-31(40)28(19-23-10-16-27(17-11-23)47-30(32(41)42)33(43)44)36-34(45)37(21-29(38)39)20-24-12-14-26(15-13-24)46-22-25-8-5-4-6-9-25/h4-6,8-17,28,30H,2-3,7,18-22H2,1H3,(H,35,40)(H,36,45)(H,38,39)(H,41,42)(H,43,44)/t28-/m0/s1. The largest absolute Gasteiger partial charge is 0.489 e. The summed E-state index contributed by atoms with van der Waals surface area (Å²) in [5.41, 5.74) is 2.19. The van der Waals surface area contributed by atoms with Crippen LogP contribution in [-0.2, 0) is 38.8 Å². The van der Waals surface area contributed by atoms with Crippen molar-refractivity contribution < 1.29 is 48.8 Å². The van der Waals surface area contributed by atoms with Gasteiger partial charge < -0.3 is 40.3 Å². The van der Waals surface area contributed by atoms with Crippen molar-refractivity contribution in [2.75, 3.05) is 13.1 Å². The summed E-state index contributed by atoms with van der Waals surface area (Å²) in [6.45, 7) is 2.10. The first kappa shape index (κ1) is 35.9. The van der Waals surface area contributed by atoms with Gasteiger partial charge in [0.15, 0.2) is 0 Å². The molecule has 5 N–H and O–H groups in total. The molecular formula is C34H39N3O10. The van der Waals surface area contributed by atoms with Crippen LogP contribution in [-0.4, -0.2) is 75.3 Å². The number of carboxylic acids is 3. The van der Waals surface area contributed by atoms with Crippen molar-refractivity contribution in [3.63, 3.8) is 0 Å². The van der Waals surface area contributed by atoms with Gasteiger partial charge in [0, 0.05) is 19.5 Å². The smallest absolute Gasteiger partial charge is 0.356 e. The van der Waals surface area contributed by atoms with Crippen LogP contribution in [0.4, 0.5) is 4.79 Å². The average molecular weight is 650 g/mol. The number of carbonyl (C=O) groups excluding carboxylic acids is 2. The van der Waals surface area contributed by atoms with Crippen molar-refractivity contribution in [3.05, 3.63) is 95.6 Å². The first-order chi connectivity index (χ1) is 22.5. The maximum absolute atomic E-state index is 13.4. The highest BCUT2D eigenvalue weighted by Gasteiger charge is 2.28. The second-order valence-electron chi connectivity index (χ2n) is 10.7. The molecule has 0 spiro atoms. The van der Waals surface area contributed by atoms with Crippen LogP contribution in [0.3, 0.4) is 0 Å². The Bertz CT molecular complexity index is 1470. The minimum Gasteiger partial charge on any atom is -0.489 e. The lowest BCUT2D eigenvalue weighted by Gasteiger charge is -2.25. The Labute approximate surface area is 272 Å². The Morgan fingerprint density at radius 1 is 0.766 bits per heavy atom. The van der Waals surface area contributed by atoms with Crippen LogP contribution in [0, 0.1) is 0 Å². The van der Waals surface area contributed by atoms with Gasteiger partial charge >= 0.3 is 23.9 Å². The molecule has 3 aromatic carbocycles. The molecule has 47 heavy (non-hydrogen) atoms. The quantitative estimate of drug-likeness (QED) is 0.0945. The molecule has 0 saturated heterocycles. The molecule has 3 aromatic rings. The van der Waals surface area contributed by atoms with Gasteiger partial charge in [0.2, 0.25) is 5.91 Å². The van der Waals surface area contributed by atoms with Crippen molar-refractivity contribution >= 4 is 29.8 Å². The van der Waals surface area contributed by atoms with E-state index in [1.165, 1.54) is 24.3 Å². The van der Waals surface area contributed by atoms with Crippen molar-refractivity contribution in [1.29, 1.82) is 0 Å². The third-order valence-corrected chi connectivity index (χ3v) is 6.92. The number of benzene rings is 3. The topological polar surface area (TPSA) is 192 Å². The first-order valence-corrected chi connectivity index (χ1v) is 15.1. The number of unbranched alkanes of at least 4 members (excludes halogenated alkanes) is 2. The molecule has 1 atom stereocenters. The summed E-state index contributed by atoms with van der Waals surface area (Å²) in [7, 11) is 0. The van der Waals surface area contributed by atoms with E-state index >= 15 is 0 Å². The van der Waals surface area contributed by atoms with Gasteiger partial charge in [-0.3, -0.25) is 9.59 Å². The molecule has 3 amide bonds. The Hall–Kier alpha value is -5.59. The zero-order valence-electron chi connectivity index (χ0n) is 26.0. The molecule has 0 saturated carbocycles. The molecule has 0 heterocycles. The molecule has 3 rings (SSSR count). The van der Waals surface area contributed by atoms with E-state index in [0.717, 1.165) is 29.7 Å². The van der Waals surface area contributed by atoms with Crippen LogP contribution in [0.25, 0.3) is 0 Å². The zero-order valence-corrected chi connectivity index (χ0v) is 26.0. The molecule has 13 nitrogen and oxygen atoms in total. The number of carbonyl (C=O) groups is 5. The fourth-order valence-corrected chi connectivity index (χ4v) is 4.46. The highest BCUT2D eigenvalue weighted by molar-refractivity contribution is 5.96. The summed E-state index contributed by atoms with van der Waals surface area (Å²) in [5.74, 6) is -4.45. The van der Waals surface area contributed by atoms with Crippen LogP contribution < -0.4 is 20.1 Å². The normalized spacial score (nSPS) is 11.3. The van der Waals surface area contributed by atoms with Gasteiger partial charge in [-0.15, -0.1) is 0 Å². The number of rotatable bonds is 19. The molecule has 0 unspecified atom stereocenters. The molecule has 13 heteroatoms. The van der Waals surface area contributed by atoms with E-state index in [0.29, 0.717) is 30.0 Å². The Balaban J connectivity index is 1.71. The molecule has 0 aliphatic heterocycles. The predicted molar refractivity (Wildman–Crippen MR) is 170 cm³/mol. The minimum atomic E-state index is -2.10. The van der Waals surface area contributed by atoms with E-state index in [9.17, 15) is 29.1 Å². The van der Waals surface area contributed by atoms with Gasteiger partial charge in [-0.1, -0.05) is 74.4 Å². The third-order valence-electron chi connectivity index (χ3n) is 6.92. The van der Waals surface area contributed by atoms with Crippen LogP contribution in [0.1, 0.15) is 42.9 Å². The fourth-order valence-electron chi connectivity index (χ4n) is 4.46. The lowest BCUT2D eigenvalue weighted by atomic mass is 10.0. The molecule has 250 valence electrons. The second kappa shape index (κ2) is 18.4. The first-order valence-electron chi connectivity index (χ1n) is 15.1. The van der Waals surface area contributed by atoms with Gasteiger partial charge in [0.05, 0.1) is 0 Å². The Kier molecular flexibility index (Phi) is 14.0. The lowest BCUT2D eigenvalue weighted by molar-refractivity contribution is -0.159. The molecule has 0 aromatic heterocycles. The second-order valence-corrected chi connectivity index (χ2v) is 10.7. The third kappa shape index (κ3) is 12.4. The van der Waals surface area contributed by atoms with Gasteiger partial charge in [0.25, 0.3) is 6.10 Å². The Morgan fingerprint density at radius 2 is 1.38 bits per heavy atom. The SMILES string of the molecule is CCCCCNC(=O)[C@H](Cc1ccc(OC(C(=O)O)C(=O)O)cc1)NC(=O)N(CC(=O)O)Cc1ccc(OCc2ccccc2)cc1. The van der Waals surface area contributed by atoms with Crippen molar-refractivity contribution in [1.82, 2.24) is 15.5 Å². The summed E-state index contributed by atoms with van der Waals surface area (Å²) in [5, 5.41) is 33.1. The monoisotopic (exact) mass is 649 g/mol. The van der Waals surface area contributed by atoms with Gasteiger partial charge in [-0.05, 0) is 47.4 Å². The van der Waals surface area contributed by atoms with Crippen molar-refractivity contribution in [2.45, 2.75) is 57.9 Å². The molecule has 0 radical (unpaired) electrons. The van der Waals surface area contributed by atoms with Crippen molar-refractivity contribution in [2.24, 2.45) is 0 Å². The van der Waals surface area contributed by atoms with E-state index in [-0.39, 0.29) is 18.7 Å². The van der Waals surface area contributed by atoms with E-state index < -0.39 is 48.5 Å². The maximum Gasteiger partial charge on any atom is 0.356 e. The Morgan fingerprint density at radius 3 is 1.98 bits per heavy atom. The van der Waals surface area contributed by atoms with E-state index in [2.05, 4.69) is 10.6 Å². The van der Waals surface area contributed by atoms with Gasteiger partial charge in [0.1, 0.15) is 30.7 Å². The van der Waals surface area contributed by atoms with Crippen LogP contribution in [0.15, 0.2) is 78.9 Å². The average Bonchev–Trinajstić information content (AvgIpc) is 3.05. The van der Waals surface area contributed by atoms with Crippen LogP contribution >= 0.6 is 0 Å². The number of carboxylic acid groups (broad SMARTS) is 3. The molecule has 0 aliphatic carbocycles. The molecular weight excluding hydrogens is 610 g/mol.